The van der Waals surface area contributed by atoms with E-state index in [1.807, 2.05) is 11.3 Å². The second-order valence-corrected chi connectivity index (χ2v) is 5.91. The van der Waals surface area contributed by atoms with Crippen LogP contribution in [0.3, 0.4) is 0 Å². The smallest absolute Gasteiger partial charge is 0.0934 e. The van der Waals surface area contributed by atoms with Crippen LogP contribution in [0, 0.1) is 5.92 Å². The van der Waals surface area contributed by atoms with E-state index >= 15 is 0 Å². The van der Waals surface area contributed by atoms with Gasteiger partial charge in [0.15, 0.2) is 0 Å². The molecule has 3 rings (SSSR count). The molecule has 0 saturated heterocycles. The standard InChI is InChI=1S/C12H18N2S/c1-13-9-3-2-4-10-12(9)15-11(14-10)7-8-5-6-8/h8-9,13H,2-7H2,1H3. The molecule has 0 aromatic carbocycles. The fourth-order valence-electron chi connectivity index (χ4n) is 2.40. The minimum atomic E-state index is 0.583. The predicted molar refractivity (Wildman–Crippen MR) is 63.3 cm³/mol. The maximum atomic E-state index is 4.81. The van der Waals surface area contributed by atoms with Crippen LogP contribution >= 0.6 is 11.3 Å². The summed E-state index contributed by atoms with van der Waals surface area (Å²) in [6, 6.07) is 0.583. The summed E-state index contributed by atoms with van der Waals surface area (Å²) in [5.74, 6) is 0.964. The molecule has 15 heavy (non-hydrogen) atoms. The Morgan fingerprint density at radius 3 is 3.00 bits per heavy atom. The largest absolute Gasteiger partial charge is 0.312 e. The van der Waals surface area contributed by atoms with Gasteiger partial charge >= 0.3 is 0 Å². The van der Waals surface area contributed by atoms with Crippen molar-refractivity contribution in [2.75, 3.05) is 7.05 Å². The summed E-state index contributed by atoms with van der Waals surface area (Å²) in [4.78, 5) is 6.33. The first kappa shape index (κ1) is 9.79. The predicted octanol–water partition coefficient (Wildman–Crippen LogP) is 2.69. The Morgan fingerprint density at radius 2 is 2.27 bits per heavy atom. The van der Waals surface area contributed by atoms with Crippen molar-refractivity contribution in [3.05, 3.63) is 15.6 Å². The lowest BCUT2D eigenvalue weighted by atomic mass is 9.98. The summed E-state index contributed by atoms with van der Waals surface area (Å²) in [5, 5.41) is 4.81. The van der Waals surface area contributed by atoms with Crippen molar-refractivity contribution in [3.8, 4) is 0 Å². The van der Waals surface area contributed by atoms with Crippen LogP contribution in [-0.2, 0) is 12.8 Å². The van der Waals surface area contributed by atoms with E-state index in [-0.39, 0.29) is 0 Å². The Bertz CT molecular complexity index is 355. The number of hydrogen-bond acceptors (Lipinski definition) is 3. The first-order chi connectivity index (χ1) is 7.36. The van der Waals surface area contributed by atoms with E-state index in [0.29, 0.717) is 6.04 Å². The van der Waals surface area contributed by atoms with Crippen molar-refractivity contribution in [2.45, 2.75) is 44.6 Å². The van der Waals surface area contributed by atoms with Gasteiger partial charge in [0.05, 0.1) is 10.7 Å². The molecule has 2 aliphatic rings. The normalized spacial score (nSPS) is 25.3. The molecule has 0 spiro atoms. The quantitative estimate of drug-likeness (QED) is 0.850. The van der Waals surface area contributed by atoms with Gasteiger partial charge in [0.1, 0.15) is 0 Å². The molecule has 1 aromatic heterocycles. The monoisotopic (exact) mass is 222 g/mol. The number of aromatic nitrogens is 1. The van der Waals surface area contributed by atoms with Gasteiger partial charge in [-0.3, -0.25) is 0 Å². The number of nitrogens with one attached hydrogen (secondary N) is 1. The number of aryl methyl sites for hydroxylation is 1. The molecular weight excluding hydrogens is 204 g/mol. The van der Waals surface area contributed by atoms with Crippen molar-refractivity contribution < 1.29 is 0 Å². The summed E-state index contributed by atoms with van der Waals surface area (Å²) in [5.41, 5.74) is 1.39. The third-order valence-electron chi connectivity index (χ3n) is 3.50. The number of hydrogen-bond donors (Lipinski definition) is 1. The fraction of sp³-hybridized carbons (Fsp3) is 0.750. The zero-order chi connectivity index (χ0) is 10.3. The second-order valence-electron chi connectivity index (χ2n) is 4.80. The molecule has 0 radical (unpaired) electrons. The molecule has 2 aliphatic carbocycles. The molecule has 1 fully saturated rings. The van der Waals surface area contributed by atoms with E-state index in [9.17, 15) is 0 Å². The minimum Gasteiger partial charge on any atom is -0.312 e. The highest BCUT2D eigenvalue weighted by atomic mass is 32.1. The molecule has 0 aliphatic heterocycles. The van der Waals surface area contributed by atoms with Gasteiger partial charge in [-0.15, -0.1) is 11.3 Å². The summed E-state index contributed by atoms with van der Waals surface area (Å²) in [6.45, 7) is 0. The summed E-state index contributed by atoms with van der Waals surface area (Å²) in [7, 11) is 2.07. The molecule has 0 amide bonds. The van der Waals surface area contributed by atoms with Crippen LogP contribution in [0.5, 0.6) is 0 Å². The molecule has 1 unspecified atom stereocenters. The molecule has 82 valence electrons. The van der Waals surface area contributed by atoms with E-state index in [0.717, 1.165) is 5.92 Å². The topological polar surface area (TPSA) is 24.9 Å². The van der Waals surface area contributed by atoms with Crippen molar-refractivity contribution in [2.24, 2.45) is 5.92 Å². The zero-order valence-corrected chi connectivity index (χ0v) is 10.1. The van der Waals surface area contributed by atoms with Gasteiger partial charge in [-0.05, 0) is 45.1 Å². The lowest BCUT2D eigenvalue weighted by Gasteiger charge is -2.20. The van der Waals surface area contributed by atoms with Crippen LogP contribution < -0.4 is 5.32 Å². The van der Waals surface area contributed by atoms with Crippen LogP contribution in [0.15, 0.2) is 0 Å². The third kappa shape index (κ3) is 1.95. The molecule has 1 aromatic rings. The number of fused-ring (bicyclic) bond motifs is 1. The molecule has 0 bridgehead atoms. The number of nitrogens with zero attached hydrogens (tertiary/aromatic N) is 1. The molecule has 3 heteroatoms. The van der Waals surface area contributed by atoms with Gasteiger partial charge in [-0.1, -0.05) is 0 Å². The van der Waals surface area contributed by atoms with Gasteiger partial charge in [-0.2, -0.15) is 0 Å². The highest BCUT2D eigenvalue weighted by molar-refractivity contribution is 7.11. The average Bonchev–Trinajstić information content (AvgIpc) is 2.95. The summed E-state index contributed by atoms with van der Waals surface area (Å²) >= 11 is 1.96. The first-order valence-electron chi connectivity index (χ1n) is 6.02. The fourth-order valence-corrected chi connectivity index (χ4v) is 3.77. The second kappa shape index (κ2) is 3.87. The maximum absolute atomic E-state index is 4.81. The maximum Gasteiger partial charge on any atom is 0.0934 e. The van der Waals surface area contributed by atoms with Crippen LogP contribution in [-0.4, -0.2) is 12.0 Å². The van der Waals surface area contributed by atoms with Crippen LogP contribution in [0.25, 0.3) is 0 Å². The van der Waals surface area contributed by atoms with Crippen molar-refractivity contribution in [1.82, 2.24) is 10.3 Å². The summed E-state index contributed by atoms with van der Waals surface area (Å²) in [6.07, 6.45) is 7.89. The van der Waals surface area contributed by atoms with Gasteiger partial charge in [0.2, 0.25) is 0 Å². The van der Waals surface area contributed by atoms with Crippen LogP contribution in [0.1, 0.15) is 47.3 Å². The van der Waals surface area contributed by atoms with E-state index in [1.165, 1.54) is 54.1 Å². The van der Waals surface area contributed by atoms with Crippen LogP contribution in [0.2, 0.25) is 0 Å². The molecule has 1 atom stereocenters. The highest BCUT2D eigenvalue weighted by Gasteiger charge is 2.27. The number of thiazole rings is 1. The van der Waals surface area contributed by atoms with Gasteiger partial charge in [0.25, 0.3) is 0 Å². The Hall–Kier alpha value is -0.410. The lowest BCUT2D eigenvalue weighted by molar-refractivity contribution is 0.500. The Morgan fingerprint density at radius 1 is 1.40 bits per heavy atom. The Labute approximate surface area is 95.1 Å². The number of rotatable bonds is 3. The minimum absolute atomic E-state index is 0.583. The highest BCUT2D eigenvalue weighted by Crippen LogP contribution is 2.38. The molecule has 2 nitrogen and oxygen atoms in total. The van der Waals surface area contributed by atoms with Crippen molar-refractivity contribution in [1.29, 1.82) is 0 Å². The molecule has 1 N–H and O–H groups in total. The molecule has 1 saturated carbocycles. The average molecular weight is 222 g/mol. The van der Waals surface area contributed by atoms with Gasteiger partial charge in [-0.25, -0.2) is 4.98 Å². The van der Waals surface area contributed by atoms with E-state index < -0.39 is 0 Å². The SMILES string of the molecule is CNC1CCCc2nc(CC3CC3)sc21. The Kier molecular flexibility index (Phi) is 2.53. The lowest BCUT2D eigenvalue weighted by Crippen LogP contribution is -2.19. The Balaban J connectivity index is 1.83. The van der Waals surface area contributed by atoms with Crippen molar-refractivity contribution >= 4 is 11.3 Å². The van der Waals surface area contributed by atoms with Gasteiger partial charge < -0.3 is 5.32 Å². The van der Waals surface area contributed by atoms with Crippen molar-refractivity contribution in [3.63, 3.8) is 0 Å². The zero-order valence-electron chi connectivity index (χ0n) is 9.25. The molecular formula is C12H18N2S. The van der Waals surface area contributed by atoms with E-state index in [4.69, 9.17) is 4.98 Å². The van der Waals surface area contributed by atoms with E-state index in [2.05, 4.69) is 12.4 Å². The third-order valence-corrected chi connectivity index (χ3v) is 4.74. The summed E-state index contributed by atoms with van der Waals surface area (Å²) < 4.78 is 0. The van der Waals surface area contributed by atoms with Crippen LogP contribution in [0.4, 0.5) is 0 Å². The molecule has 1 heterocycles. The van der Waals surface area contributed by atoms with Gasteiger partial charge in [0, 0.05) is 17.3 Å². The first-order valence-corrected chi connectivity index (χ1v) is 6.84. The van der Waals surface area contributed by atoms with E-state index in [1.54, 1.807) is 0 Å².